The first-order chi connectivity index (χ1) is 7.36. The predicted molar refractivity (Wildman–Crippen MR) is 59.8 cm³/mol. The third kappa shape index (κ3) is 1.69. The highest BCUT2D eigenvalue weighted by Gasteiger charge is 2.32. The highest BCUT2D eigenvalue weighted by atomic mass is 15.3. The fourth-order valence-electron chi connectivity index (χ4n) is 2.71. The second kappa shape index (κ2) is 3.63. The van der Waals surface area contributed by atoms with E-state index in [9.17, 15) is 0 Å². The highest BCUT2D eigenvalue weighted by Crippen LogP contribution is 2.43. The van der Waals surface area contributed by atoms with Crippen LogP contribution in [0.1, 0.15) is 55.3 Å². The van der Waals surface area contributed by atoms with E-state index >= 15 is 0 Å². The van der Waals surface area contributed by atoms with Crippen LogP contribution in [0, 0.1) is 0 Å². The van der Waals surface area contributed by atoms with Crippen molar-refractivity contribution in [1.82, 2.24) is 15.1 Å². The molecule has 2 fully saturated rings. The third-order valence-electron chi connectivity index (χ3n) is 3.66. The summed E-state index contributed by atoms with van der Waals surface area (Å²) in [6, 6.07) is 0.572. The number of aromatic nitrogens is 2. The Morgan fingerprint density at radius 2 is 2.20 bits per heavy atom. The predicted octanol–water partition coefficient (Wildman–Crippen LogP) is 2.11. The minimum Gasteiger partial charge on any atom is -0.310 e. The average molecular weight is 205 g/mol. The van der Waals surface area contributed by atoms with Crippen LogP contribution >= 0.6 is 0 Å². The molecular formula is C12H19N3. The molecule has 1 aliphatic heterocycles. The molecule has 0 amide bonds. The molecule has 1 N–H and O–H groups in total. The summed E-state index contributed by atoms with van der Waals surface area (Å²) in [5, 5.41) is 8.05. The Labute approximate surface area is 90.9 Å². The number of rotatable bonds is 2. The van der Waals surface area contributed by atoms with Gasteiger partial charge in [0.1, 0.15) is 0 Å². The minimum absolute atomic E-state index is 0.572. The lowest BCUT2D eigenvalue weighted by Gasteiger charge is -2.23. The number of hydrogen-bond donors (Lipinski definition) is 1. The van der Waals surface area contributed by atoms with Crippen LogP contribution in [0.15, 0.2) is 6.20 Å². The van der Waals surface area contributed by atoms with Gasteiger partial charge in [-0.3, -0.25) is 4.68 Å². The lowest BCUT2D eigenvalue weighted by Crippen LogP contribution is -2.27. The van der Waals surface area contributed by atoms with E-state index in [4.69, 9.17) is 0 Å². The van der Waals surface area contributed by atoms with Gasteiger partial charge in [0.2, 0.25) is 0 Å². The smallest absolute Gasteiger partial charge is 0.0540 e. The normalized spacial score (nSPS) is 26.9. The van der Waals surface area contributed by atoms with E-state index in [-0.39, 0.29) is 0 Å². The van der Waals surface area contributed by atoms with E-state index in [0.29, 0.717) is 6.04 Å². The summed E-state index contributed by atoms with van der Waals surface area (Å²) in [5.74, 6) is 0.802. The second-order valence-corrected chi connectivity index (χ2v) is 4.89. The maximum Gasteiger partial charge on any atom is 0.0540 e. The summed E-state index contributed by atoms with van der Waals surface area (Å²) in [4.78, 5) is 0. The summed E-state index contributed by atoms with van der Waals surface area (Å²) in [6.07, 6.45) is 8.77. The lowest BCUT2D eigenvalue weighted by atomic mass is 9.96. The van der Waals surface area contributed by atoms with E-state index in [2.05, 4.69) is 28.3 Å². The van der Waals surface area contributed by atoms with Crippen molar-refractivity contribution in [3.8, 4) is 0 Å². The van der Waals surface area contributed by atoms with Gasteiger partial charge in [0.25, 0.3) is 0 Å². The first-order valence-electron chi connectivity index (χ1n) is 6.11. The molecule has 3 rings (SSSR count). The molecule has 0 bridgehead atoms. The lowest BCUT2D eigenvalue weighted by molar-refractivity contribution is 0.410. The van der Waals surface area contributed by atoms with E-state index in [1.807, 2.05) is 0 Å². The van der Waals surface area contributed by atoms with Gasteiger partial charge in [-0.2, -0.15) is 5.10 Å². The quantitative estimate of drug-likeness (QED) is 0.801. The van der Waals surface area contributed by atoms with Crippen LogP contribution in [-0.4, -0.2) is 16.3 Å². The minimum atomic E-state index is 0.572. The van der Waals surface area contributed by atoms with Crippen LogP contribution in [0.25, 0.3) is 0 Å². The van der Waals surface area contributed by atoms with Crippen LogP contribution in [0.5, 0.6) is 0 Å². The van der Waals surface area contributed by atoms with E-state index in [1.54, 1.807) is 0 Å². The molecule has 1 saturated heterocycles. The zero-order valence-electron chi connectivity index (χ0n) is 9.37. The van der Waals surface area contributed by atoms with Gasteiger partial charge in [-0.15, -0.1) is 0 Å². The molecule has 3 heteroatoms. The summed E-state index contributed by atoms with van der Waals surface area (Å²) >= 11 is 0. The first kappa shape index (κ1) is 9.40. The molecule has 0 spiro atoms. The fourth-order valence-corrected chi connectivity index (χ4v) is 2.71. The van der Waals surface area contributed by atoms with Crippen molar-refractivity contribution in [2.75, 3.05) is 6.54 Å². The van der Waals surface area contributed by atoms with Crippen molar-refractivity contribution in [3.63, 3.8) is 0 Å². The summed E-state index contributed by atoms with van der Waals surface area (Å²) in [6.45, 7) is 1.17. The molecule has 1 aromatic rings. The Hall–Kier alpha value is -0.830. The van der Waals surface area contributed by atoms with Gasteiger partial charge >= 0.3 is 0 Å². The van der Waals surface area contributed by atoms with Crippen molar-refractivity contribution < 1.29 is 0 Å². The molecule has 1 atom stereocenters. The standard InChI is InChI=1S/C12H19N3/c1-15-12(9-5-6-9)10(8-14-15)11-4-2-3-7-13-11/h8-9,11,13H,2-7H2,1H3. The molecule has 1 aromatic heterocycles. The van der Waals surface area contributed by atoms with Crippen molar-refractivity contribution in [2.24, 2.45) is 7.05 Å². The number of hydrogen-bond acceptors (Lipinski definition) is 2. The third-order valence-corrected chi connectivity index (χ3v) is 3.66. The monoisotopic (exact) mass is 205 g/mol. The molecule has 0 radical (unpaired) electrons. The van der Waals surface area contributed by atoms with E-state index in [0.717, 1.165) is 5.92 Å². The Morgan fingerprint density at radius 3 is 2.87 bits per heavy atom. The molecule has 15 heavy (non-hydrogen) atoms. The molecule has 1 saturated carbocycles. The van der Waals surface area contributed by atoms with Crippen LogP contribution < -0.4 is 5.32 Å². The van der Waals surface area contributed by atoms with Crippen molar-refractivity contribution in [3.05, 3.63) is 17.5 Å². The van der Waals surface area contributed by atoms with Gasteiger partial charge in [-0.05, 0) is 32.2 Å². The Kier molecular flexibility index (Phi) is 2.28. The zero-order chi connectivity index (χ0) is 10.3. The Balaban J connectivity index is 1.89. The Morgan fingerprint density at radius 1 is 1.33 bits per heavy atom. The zero-order valence-corrected chi connectivity index (χ0v) is 9.37. The number of nitrogens with one attached hydrogen (secondary N) is 1. The fraction of sp³-hybridized carbons (Fsp3) is 0.750. The van der Waals surface area contributed by atoms with Crippen LogP contribution in [-0.2, 0) is 7.05 Å². The van der Waals surface area contributed by atoms with Gasteiger partial charge in [0.05, 0.1) is 6.20 Å². The topological polar surface area (TPSA) is 29.9 Å². The summed E-state index contributed by atoms with van der Waals surface area (Å²) in [7, 11) is 2.08. The molecule has 2 aliphatic rings. The Bertz CT molecular complexity index is 346. The molecular weight excluding hydrogens is 186 g/mol. The number of nitrogens with zero attached hydrogens (tertiary/aromatic N) is 2. The second-order valence-electron chi connectivity index (χ2n) is 4.89. The number of piperidine rings is 1. The van der Waals surface area contributed by atoms with Crippen LogP contribution in [0.2, 0.25) is 0 Å². The molecule has 2 heterocycles. The number of aryl methyl sites for hydroxylation is 1. The van der Waals surface area contributed by atoms with Gasteiger partial charge in [0.15, 0.2) is 0 Å². The maximum atomic E-state index is 4.43. The molecule has 3 nitrogen and oxygen atoms in total. The summed E-state index contributed by atoms with van der Waals surface area (Å²) < 4.78 is 2.09. The SMILES string of the molecule is Cn1ncc(C2CCCCN2)c1C1CC1. The van der Waals surface area contributed by atoms with Crippen LogP contribution in [0.4, 0.5) is 0 Å². The van der Waals surface area contributed by atoms with Crippen molar-refractivity contribution >= 4 is 0 Å². The summed E-state index contributed by atoms with van der Waals surface area (Å²) in [5.41, 5.74) is 2.97. The van der Waals surface area contributed by atoms with Gasteiger partial charge < -0.3 is 5.32 Å². The molecule has 0 aromatic carbocycles. The van der Waals surface area contributed by atoms with E-state index < -0.39 is 0 Å². The molecule has 82 valence electrons. The van der Waals surface area contributed by atoms with Crippen LogP contribution in [0.3, 0.4) is 0 Å². The highest BCUT2D eigenvalue weighted by molar-refractivity contribution is 5.28. The van der Waals surface area contributed by atoms with Gasteiger partial charge in [-0.25, -0.2) is 0 Å². The first-order valence-corrected chi connectivity index (χ1v) is 6.11. The van der Waals surface area contributed by atoms with Gasteiger partial charge in [0, 0.05) is 30.3 Å². The van der Waals surface area contributed by atoms with Gasteiger partial charge in [-0.1, -0.05) is 6.42 Å². The largest absolute Gasteiger partial charge is 0.310 e. The molecule has 1 unspecified atom stereocenters. The van der Waals surface area contributed by atoms with Crippen molar-refractivity contribution in [1.29, 1.82) is 0 Å². The van der Waals surface area contributed by atoms with Crippen molar-refractivity contribution in [2.45, 2.75) is 44.1 Å². The average Bonchev–Trinajstić information content (AvgIpc) is 3.03. The maximum absolute atomic E-state index is 4.43. The molecule has 1 aliphatic carbocycles. The van der Waals surface area contributed by atoms with E-state index in [1.165, 1.54) is 49.9 Å².